The van der Waals surface area contributed by atoms with Gasteiger partial charge >= 0.3 is 6.09 Å². The first-order chi connectivity index (χ1) is 30.0. The average molecular weight is 845 g/mol. The lowest BCUT2D eigenvalue weighted by atomic mass is 9.71. The number of phenols is 2. The van der Waals surface area contributed by atoms with E-state index in [1.54, 1.807) is 14.0 Å². The third-order valence-electron chi connectivity index (χ3n) is 13.2. The molecule has 0 spiro atoms. The lowest BCUT2D eigenvalue weighted by Crippen LogP contribution is -2.69. The molecule has 5 aromatic rings. The lowest BCUT2D eigenvalue weighted by Gasteiger charge is -2.60. The smallest absolute Gasteiger partial charge is 0.408 e. The molecule has 2 bridgehead atoms. The van der Waals surface area contributed by atoms with Gasteiger partial charge in [-0.15, -0.1) is 0 Å². The number of hydrogen-bond acceptors (Lipinski definition) is 12. The third kappa shape index (κ3) is 6.97. The number of methoxy groups -OCH3 is 3. The Bertz CT molecular complexity index is 2570. The number of aliphatic hydroxyl groups is 1. The van der Waals surface area contributed by atoms with Crippen molar-refractivity contribution in [2.45, 2.75) is 82.6 Å². The number of phenolic OH excluding ortho intramolecular Hbond substituents is 1. The molecule has 15 nitrogen and oxygen atoms in total. The molecule has 2 amide bonds. The fraction of sp³-hybridized carbons (Fsp3) is 0.383. The van der Waals surface area contributed by atoms with Crippen molar-refractivity contribution < 1.29 is 43.9 Å². The van der Waals surface area contributed by atoms with Gasteiger partial charge in [-0.3, -0.25) is 14.6 Å². The zero-order valence-corrected chi connectivity index (χ0v) is 35.6. The summed E-state index contributed by atoms with van der Waals surface area (Å²) in [4.78, 5) is 35.4. The maximum atomic E-state index is 14.6. The van der Waals surface area contributed by atoms with Gasteiger partial charge in [0.2, 0.25) is 5.91 Å². The van der Waals surface area contributed by atoms with E-state index < -0.39 is 54.9 Å². The van der Waals surface area contributed by atoms with Gasteiger partial charge < -0.3 is 49.9 Å². The number of aromatic amines is 1. The van der Waals surface area contributed by atoms with Crippen LogP contribution in [-0.4, -0.2) is 101 Å². The quantitative estimate of drug-likeness (QED) is 0.0968. The maximum Gasteiger partial charge on any atom is 0.408 e. The molecule has 0 unspecified atom stereocenters. The van der Waals surface area contributed by atoms with Gasteiger partial charge in [-0.25, -0.2) is 4.79 Å². The minimum absolute atomic E-state index is 0.000645. The Labute approximate surface area is 359 Å². The highest BCUT2D eigenvalue weighted by Gasteiger charge is 2.57. The van der Waals surface area contributed by atoms with Crippen LogP contribution < -0.4 is 24.8 Å². The summed E-state index contributed by atoms with van der Waals surface area (Å²) in [6, 6.07) is 15.3. The first kappa shape index (κ1) is 42.2. The average Bonchev–Trinajstić information content (AvgIpc) is 3.68. The summed E-state index contributed by atoms with van der Waals surface area (Å²) in [5, 5.41) is 52.6. The number of aromatic hydroxyl groups is 2. The van der Waals surface area contributed by atoms with Gasteiger partial charge in [0.25, 0.3) is 0 Å². The summed E-state index contributed by atoms with van der Waals surface area (Å²) in [6.07, 6.45) is 1.78. The summed E-state index contributed by atoms with van der Waals surface area (Å²) < 4.78 is 23.3. The van der Waals surface area contributed by atoms with Crippen molar-refractivity contribution in [2.75, 3.05) is 34.9 Å². The number of alkyl carbamates (subject to hydrolysis) is 1. The number of aliphatic hydroxyl groups excluding tert-OH is 1. The molecule has 3 aliphatic heterocycles. The van der Waals surface area contributed by atoms with Crippen LogP contribution in [0.3, 0.4) is 0 Å². The van der Waals surface area contributed by atoms with Gasteiger partial charge in [0.05, 0.1) is 46.1 Å². The van der Waals surface area contributed by atoms with Gasteiger partial charge in [-0.1, -0.05) is 48.5 Å². The first-order valence-corrected chi connectivity index (χ1v) is 20.6. The number of piperazine rings is 1. The topological polar surface area (TPSA) is 202 Å². The van der Waals surface area contributed by atoms with Crippen molar-refractivity contribution in [1.82, 2.24) is 25.4 Å². The number of para-hydroxylation sites is 1. The second-order valence-corrected chi connectivity index (χ2v) is 16.2. The molecular weight excluding hydrogens is 793 g/mol. The van der Waals surface area contributed by atoms with E-state index in [0.717, 1.165) is 27.6 Å². The van der Waals surface area contributed by atoms with Crippen LogP contribution in [0.2, 0.25) is 0 Å². The number of H-pyrrole nitrogens is 1. The van der Waals surface area contributed by atoms with E-state index in [1.165, 1.54) is 14.2 Å². The number of carbonyl (C=O) groups excluding carboxylic acids is 2. The van der Waals surface area contributed by atoms with Crippen LogP contribution in [0, 0.1) is 25.2 Å². The summed E-state index contributed by atoms with van der Waals surface area (Å²) >= 11 is 0. The van der Waals surface area contributed by atoms with Crippen molar-refractivity contribution in [2.24, 2.45) is 0 Å². The number of benzene rings is 4. The molecule has 0 radical (unpaired) electrons. The standard InChI is InChI=1S/C47H52N6O9/c1-24-31(22-54)41(55)38-29(43(24)59-4)18-35-40-39-30(44(60-5)25(2)45(61-6)42(39)56)17-34(52(40)3)36(19-48)53(35)37(38)21-50-46(57)33(16-27-20-49-32-15-11-10-14-28(27)32)51-47(58)62-23-26-12-8-7-9-13-26/h7-15,20,33-37,40,49,54-56H,16-18,21-23H2,1-6H3,(H,50,57)(H,51,58)/t33-,34-,35-,36-,37-,40+/m0/s1. The molecule has 1 saturated heterocycles. The van der Waals surface area contributed by atoms with Crippen LogP contribution >= 0.6 is 0 Å². The van der Waals surface area contributed by atoms with Crippen LogP contribution in [0.5, 0.6) is 28.7 Å². The van der Waals surface area contributed by atoms with Gasteiger partial charge in [0, 0.05) is 81.1 Å². The van der Waals surface area contributed by atoms with E-state index in [1.807, 2.05) is 79.7 Å². The minimum Gasteiger partial charge on any atom is -0.507 e. The number of likely N-dealkylation sites (N-methyl/N-ethyl adjacent to an activating group) is 1. The third-order valence-corrected chi connectivity index (χ3v) is 13.2. The molecule has 1 aromatic heterocycles. The zero-order chi connectivity index (χ0) is 44.0. The summed E-state index contributed by atoms with van der Waals surface area (Å²) in [6.45, 7) is 3.00. The van der Waals surface area contributed by atoms with Gasteiger partial charge in [-0.2, -0.15) is 5.26 Å². The molecule has 0 aliphatic carbocycles. The second-order valence-electron chi connectivity index (χ2n) is 16.2. The van der Waals surface area contributed by atoms with E-state index in [9.17, 15) is 30.2 Å². The fourth-order valence-electron chi connectivity index (χ4n) is 10.4. The van der Waals surface area contributed by atoms with Crippen molar-refractivity contribution in [1.29, 1.82) is 5.26 Å². The highest BCUT2D eigenvalue weighted by atomic mass is 16.5. The summed E-state index contributed by atoms with van der Waals surface area (Å²) in [5.74, 6) is 0.644. The van der Waals surface area contributed by atoms with Gasteiger partial charge in [0.1, 0.15) is 35.9 Å². The zero-order valence-electron chi connectivity index (χ0n) is 35.6. The molecular formula is C47H52N6O9. The number of fused-ring (bicyclic) bond motifs is 8. The second kappa shape index (κ2) is 17.1. The van der Waals surface area contributed by atoms with Gasteiger partial charge in [0.15, 0.2) is 11.5 Å². The Balaban J connectivity index is 1.21. The number of ether oxygens (including phenoxy) is 4. The highest BCUT2D eigenvalue weighted by Crippen LogP contribution is 2.58. The fourth-order valence-corrected chi connectivity index (χ4v) is 10.4. The Morgan fingerprint density at radius 2 is 1.56 bits per heavy atom. The predicted molar refractivity (Wildman–Crippen MR) is 229 cm³/mol. The van der Waals surface area contributed by atoms with E-state index in [2.05, 4.69) is 26.6 Å². The predicted octanol–water partition coefficient (Wildman–Crippen LogP) is 5.14. The molecule has 3 aliphatic rings. The largest absolute Gasteiger partial charge is 0.507 e. The molecule has 6 N–H and O–H groups in total. The molecule has 1 fully saturated rings. The number of amides is 2. The van der Waals surface area contributed by atoms with Gasteiger partial charge in [-0.05, 0) is 50.9 Å². The first-order valence-electron chi connectivity index (χ1n) is 20.6. The number of rotatable bonds is 12. The van der Waals surface area contributed by atoms with E-state index in [0.29, 0.717) is 45.7 Å². The molecule has 4 aromatic carbocycles. The normalized spacial score (nSPS) is 20.8. The molecule has 324 valence electrons. The molecule has 6 atom stereocenters. The Hall–Kier alpha value is -6.47. The Morgan fingerprint density at radius 1 is 0.903 bits per heavy atom. The van der Waals surface area contributed by atoms with Crippen LogP contribution in [-0.2, 0) is 42.0 Å². The van der Waals surface area contributed by atoms with Crippen molar-refractivity contribution in [3.05, 3.63) is 111 Å². The summed E-state index contributed by atoms with van der Waals surface area (Å²) in [7, 11) is 6.55. The van der Waals surface area contributed by atoms with Crippen molar-refractivity contribution >= 4 is 22.9 Å². The van der Waals surface area contributed by atoms with E-state index >= 15 is 0 Å². The number of nitrogens with one attached hydrogen (secondary N) is 3. The number of aromatic nitrogens is 1. The van der Waals surface area contributed by atoms with Crippen LogP contribution in [0.4, 0.5) is 4.79 Å². The molecule has 4 heterocycles. The molecule has 62 heavy (non-hydrogen) atoms. The van der Waals surface area contributed by atoms with Crippen molar-refractivity contribution in [3.8, 4) is 34.8 Å². The molecule has 8 rings (SSSR count). The monoisotopic (exact) mass is 844 g/mol. The number of nitrogens with zero attached hydrogens (tertiary/aromatic N) is 3. The Kier molecular flexibility index (Phi) is 11.7. The summed E-state index contributed by atoms with van der Waals surface area (Å²) in [5.41, 5.74) is 6.41. The van der Waals surface area contributed by atoms with Crippen LogP contribution in [0.25, 0.3) is 10.9 Å². The number of nitriles is 1. The Morgan fingerprint density at radius 3 is 2.26 bits per heavy atom. The minimum atomic E-state index is -1.10. The number of hydrogen-bond donors (Lipinski definition) is 6. The number of carbonyl (C=O) groups is 2. The van der Waals surface area contributed by atoms with Crippen LogP contribution in [0.15, 0.2) is 60.8 Å². The maximum absolute atomic E-state index is 14.6. The van der Waals surface area contributed by atoms with Crippen molar-refractivity contribution in [3.63, 3.8) is 0 Å². The molecule has 15 heteroatoms. The highest BCUT2D eigenvalue weighted by molar-refractivity contribution is 5.88. The van der Waals surface area contributed by atoms with E-state index in [-0.39, 0.29) is 48.8 Å². The van der Waals surface area contributed by atoms with E-state index in [4.69, 9.17) is 18.9 Å². The SMILES string of the molecule is COc1c(C)c(OC)c2c(c1O)[C@H]1[C@@H]3Cc4c(OC)c(C)c(CO)c(O)c4[C@H](CNC(=O)[C@H](Cc4c[nH]c5ccccc45)NC(=O)OCc4ccccc4)N3[C@@H](C#N)[C@H](C2)N1C. The molecule has 0 saturated carbocycles. The van der Waals surface area contributed by atoms with Crippen LogP contribution in [0.1, 0.15) is 62.2 Å². The lowest BCUT2D eigenvalue weighted by molar-refractivity contribution is -0.124.